The molecule has 0 radical (unpaired) electrons. The summed E-state index contributed by atoms with van der Waals surface area (Å²) in [5.41, 5.74) is 2.27. The zero-order chi connectivity index (χ0) is 22.7. The van der Waals surface area contributed by atoms with Crippen LogP contribution in [0.5, 0.6) is 0 Å². The van der Waals surface area contributed by atoms with Crippen molar-refractivity contribution >= 4 is 34.8 Å². The minimum atomic E-state index is -0.118. The van der Waals surface area contributed by atoms with Crippen molar-refractivity contribution in [1.82, 2.24) is 9.80 Å². The predicted molar refractivity (Wildman–Crippen MR) is 131 cm³/mol. The average molecular weight is 473 g/mol. The Kier molecular flexibility index (Phi) is 7.57. The van der Waals surface area contributed by atoms with E-state index in [1.54, 1.807) is 11.3 Å². The molecule has 4 rings (SSSR count). The second kappa shape index (κ2) is 10.4. The van der Waals surface area contributed by atoms with Crippen molar-refractivity contribution in [2.45, 2.75) is 70.9 Å². The maximum atomic E-state index is 13.7. The van der Waals surface area contributed by atoms with Crippen molar-refractivity contribution in [1.29, 1.82) is 0 Å². The molecule has 1 fully saturated rings. The van der Waals surface area contributed by atoms with Crippen molar-refractivity contribution in [3.05, 3.63) is 56.7 Å². The molecular weight excluding hydrogens is 440 g/mol. The topological polar surface area (TPSA) is 40.6 Å². The first-order valence-corrected chi connectivity index (χ1v) is 13.2. The standard InChI is InChI=1S/C26H33ClN2O2S/c1-3-5-6-18(4-2)26(31)29(21-11-12-21)17-24(30)28-15-13-23-22(14-16-32-23)25(28)19-7-9-20(27)10-8-19/h7-10,14,16,18,21,25H,3-6,11-13,15,17H2,1-2H3. The number of hydrogen-bond donors (Lipinski definition) is 0. The number of benzene rings is 1. The number of hydrogen-bond acceptors (Lipinski definition) is 3. The Hall–Kier alpha value is -1.85. The molecule has 172 valence electrons. The highest BCUT2D eigenvalue weighted by molar-refractivity contribution is 7.10. The van der Waals surface area contributed by atoms with Gasteiger partial charge in [0.25, 0.3) is 0 Å². The summed E-state index contributed by atoms with van der Waals surface area (Å²) in [7, 11) is 0. The molecule has 0 N–H and O–H groups in total. The summed E-state index contributed by atoms with van der Waals surface area (Å²) < 4.78 is 0. The van der Waals surface area contributed by atoms with E-state index in [2.05, 4.69) is 25.3 Å². The van der Waals surface area contributed by atoms with Gasteiger partial charge in [-0.25, -0.2) is 0 Å². The number of thiophene rings is 1. The number of amides is 2. The lowest BCUT2D eigenvalue weighted by Gasteiger charge is -2.38. The summed E-state index contributed by atoms with van der Waals surface area (Å²) in [6.45, 7) is 5.12. The molecule has 1 aromatic heterocycles. The Balaban J connectivity index is 1.56. The fourth-order valence-electron chi connectivity index (χ4n) is 4.79. The Labute approximate surface area is 200 Å². The van der Waals surface area contributed by atoms with Gasteiger partial charge in [0.05, 0.1) is 6.04 Å². The van der Waals surface area contributed by atoms with Crippen LogP contribution in [-0.4, -0.2) is 40.7 Å². The predicted octanol–water partition coefficient (Wildman–Crippen LogP) is 6.08. The van der Waals surface area contributed by atoms with Gasteiger partial charge in [-0.05, 0) is 66.8 Å². The van der Waals surface area contributed by atoms with Crippen molar-refractivity contribution in [2.24, 2.45) is 5.92 Å². The summed E-state index contributed by atoms with van der Waals surface area (Å²) >= 11 is 7.89. The van der Waals surface area contributed by atoms with Gasteiger partial charge in [-0.2, -0.15) is 0 Å². The lowest BCUT2D eigenvalue weighted by atomic mass is 9.93. The third kappa shape index (κ3) is 5.04. The lowest BCUT2D eigenvalue weighted by molar-refractivity contribution is -0.144. The Bertz CT molecular complexity index is 938. The van der Waals surface area contributed by atoms with E-state index in [1.807, 2.05) is 34.1 Å². The molecule has 6 heteroatoms. The van der Waals surface area contributed by atoms with Gasteiger partial charge in [0, 0.05) is 28.4 Å². The van der Waals surface area contributed by atoms with Gasteiger partial charge < -0.3 is 9.80 Å². The molecule has 4 nitrogen and oxygen atoms in total. The van der Waals surface area contributed by atoms with Crippen LogP contribution in [0, 0.1) is 5.92 Å². The van der Waals surface area contributed by atoms with Crippen LogP contribution in [0.25, 0.3) is 0 Å². The first-order chi connectivity index (χ1) is 15.5. The van der Waals surface area contributed by atoms with Gasteiger partial charge in [-0.15, -0.1) is 11.3 Å². The Morgan fingerprint density at radius 1 is 1.19 bits per heavy atom. The van der Waals surface area contributed by atoms with Gasteiger partial charge >= 0.3 is 0 Å². The van der Waals surface area contributed by atoms with E-state index < -0.39 is 0 Å². The van der Waals surface area contributed by atoms with Crippen molar-refractivity contribution in [3.63, 3.8) is 0 Å². The molecule has 1 aromatic carbocycles. The van der Waals surface area contributed by atoms with Gasteiger partial charge in [0.2, 0.25) is 11.8 Å². The van der Waals surface area contributed by atoms with Crippen molar-refractivity contribution in [3.8, 4) is 0 Å². The molecule has 1 saturated carbocycles. The molecule has 1 aliphatic carbocycles. The SMILES string of the molecule is CCCCC(CC)C(=O)N(CC(=O)N1CCc2sccc2C1c1ccc(Cl)cc1)C1CC1. The van der Waals surface area contributed by atoms with Crippen LogP contribution < -0.4 is 0 Å². The Morgan fingerprint density at radius 3 is 2.59 bits per heavy atom. The molecule has 2 atom stereocenters. The number of nitrogens with zero attached hydrogens (tertiary/aromatic N) is 2. The highest BCUT2D eigenvalue weighted by Crippen LogP contribution is 2.39. The van der Waals surface area contributed by atoms with Gasteiger partial charge in [0.1, 0.15) is 6.54 Å². The van der Waals surface area contributed by atoms with Crippen LogP contribution in [0.15, 0.2) is 35.7 Å². The molecular formula is C26H33ClN2O2S. The van der Waals surface area contributed by atoms with E-state index in [0.717, 1.165) is 50.5 Å². The molecule has 2 heterocycles. The summed E-state index contributed by atoms with van der Waals surface area (Å²) in [5.74, 6) is 0.251. The molecule has 2 aliphatic rings. The van der Waals surface area contributed by atoms with Crippen molar-refractivity contribution in [2.75, 3.05) is 13.1 Å². The average Bonchev–Trinajstić information content (AvgIpc) is 3.53. The smallest absolute Gasteiger partial charge is 0.243 e. The van der Waals surface area contributed by atoms with E-state index in [0.29, 0.717) is 11.6 Å². The van der Waals surface area contributed by atoms with E-state index in [9.17, 15) is 9.59 Å². The van der Waals surface area contributed by atoms with Crippen LogP contribution in [0.1, 0.15) is 74.4 Å². The van der Waals surface area contributed by atoms with E-state index in [4.69, 9.17) is 11.6 Å². The lowest BCUT2D eigenvalue weighted by Crippen LogP contribution is -2.48. The number of halogens is 1. The number of rotatable bonds is 9. The maximum Gasteiger partial charge on any atom is 0.243 e. The van der Waals surface area contributed by atoms with Crippen LogP contribution in [0.3, 0.4) is 0 Å². The minimum Gasteiger partial charge on any atom is -0.330 e. The second-order valence-electron chi connectivity index (χ2n) is 9.04. The molecule has 2 aromatic rings. The molecule has 0 saturated heterocycles. The fraction of sp³-hybridized carbons (Fsp3) is 0.538. The van der Waals surface area contributed by atoms with Gasteiger partial charge in [-0.3, -0.25) is 9.59 Å². The number of carbonyl (C=O) groups excluding carboxylic acids is 2. The number of unbranched alkanes of at least 4 members (excludes halogenated alkanes) is 1. The maximum absolute atomic E-state index is 13.7. The minimum absolute atomic E-state index is 0.0280. The highest BCUT2D eigenvalue weighted by atomic mass is 35.5. The zero-order valence-corrected chi connectivity index (χ0v) is 20.6. The number of carbonyl (C=O) groups is 2. The summed E-state index contributed by atoms with van der Waals surface area (Å²) in [4.78, 5) is 32.2. The molecule has 2 amide bonds. The molecule has 1 aliphatic heterocycles. The van der Waals surface area contributed by atoms with E-state index >= 15 is 0 Å². The third-order valence-corrected chi connectivity index (χ3v) is 8.04. The summed E-state index contributed by atoms with van der Waals surface area (Å²) in [6.07, 6.45) is 6.80. The molecule has 0 bridgehead atoms. The first-order valence-electron chi connectivity index (χ1n) is 11.9. The van der Waals surface area contributed by atoms with Crippen molar-refractivity contribution < 1.29 is 9.59 Å². The second-order valence-corrected chi connectivity index (χ2v) is 10.5. The summed E-state index contributed by atoms with van der Waals surface area (Å²) in [5, 5.41) is 2.80. The molecule has 2 unspecified atom stereocenters. The van der Waals surface area contributed by atoms with E-state index in [1.165, 1.54) is 10.4 Å². The monoisotopic (exact) mass is 472 g/mol. The van der Waals surface area contributed by atoms with Gasteiger partial charge in [0.15, 0.2) is 0 Å². The van der Waals surface area contributed by atoms with Crippen LogP contribution in [0.2, 0.25) is 5.02 Å². The first kappa shape index (κ1) is 23.3. The molecule has 0 spiro atoms. The normalized spacial score (nSPS) is 18.8. The summed E-state index contributed by atoms with van der Waals surface area (Å²) in [6, 6.07) is 10.1. The van der Waals surface area contributed by atoms with Gasteiger partial charge in [-0.1, -0.05) is 50.4 Å². The quantitative estimate of drug-likeness (QED) is 0.443. The third-order valence-electron chi connectivity index (χ3n) is 6.80. The zero-order valence-electron chi connectivity index (χ0n) is 19.1. The fourth-order valence-corrected chi connectivity index (χ4v) is 5.82. The highest BCUT2D eigenvalue weighted by Gasteiger charge is 2.39. The number of fused-ring (bicyclic) bond motifs is 1. The van der Waals surface area contributed by atoms with E-state index in [-0.39, 0.29) is 36.4 Å². The largest absolute Gasteiger partial charge is 0.330 e. The van der Waals surface area contributed by atoms with Crippen LogP contribution in [0.4, 0.5) is 0 Å². The Morgan fingerprint density at radius 2 is 1.94 bits per heavy atom. The van der Waals surface area contributed by atoms with Crippen LogP contribution in [-0.2, 0) is 16.0 Å². The molecule has 32 heavy (non-hydrogen) atoms. The van der Waals surface area contributed by atoms with Crippen LogP contribution >= 0.6 is 22.9 Å².